The molecule has 3 aromatic rings. The minimum atomic E-state index is -0.649. The fraction of sp³-hybridized carbons (Fsp3) is 0.200. The van der Waals surface area contributed by atoms with Gasteiger partial charge in [-0.25, -0.2) is 4.79 Å². The molecule has 188 valence electrons. The molecule has 1 heterocycles. The molecule has 1 atom stereocenters. The van der Waals surface area contributed by atoms with E-state index in [0.29, 0.717) is 50.5 Å². The van der Waals surface area contributed by atoms with Crippen molar-refractivity contribution >= 4 is 33.4 Å². The van der Waals surface area contributed by atoms with Crippen LogP contribution in [-0.2, 0) is 16.1 Å². The smallest absolute Gasteiger partial charge is 0.336 e. The Morgan fingerprint density at radius 2 is 1.73 bits per heavy atom. The third-order valence-corrected chi connectivity index (χ3v) is 7.14. The van der Waals surface area contributed by atoms with E-state index in [9.17, 15) is 9.59 Å². The molecular formula is C30H26BrNO5. The van der Waals surface area contributed by atoms with Crippen LogP contribution >= 0.6 is 15.9 Å². The minimum Gasteiger partial charge on any atom is -0.493 e. The summed E-state index contributed by atoms with van der Waals surface area (Å²) in [6, 6.07) is 21.0. The number of methoxy groups -OCH3 is 1. The van der Waals surface area contributed by atoms with Crippen LogP contribution in [0.2, 0.25) is 0 Å². The predicted molar refractivity (Wildman–Crippen MR) is 144 cm³/mol. The molecule has 2 aliphatic rings. The number of benzene rings is 3. The Kier molecular flexibility index (Phi) is 6.89. The molecule has 1 aliphatic heterocycles. The first-order valence-corrected chi connectivity index (χ1v) is 12.8. The predicted octanol–water partition coefficient (Wildman–Crippen LogP) is 6.17. The molecule has 0 aromatic heterocycles. The van der Waals surface area contributed by atoms with Gasteiger partial charge in [0.05, 0.1) is 29.5 Å². The summed E-state index contributed by atoms with van der Waals surface area (Å²) >= 11 is 3.64. The van der Waals surface area contributed by atoms with Gasteiger partial charge in [-0.05, 0) is 53.0 Å². The molecule has 0 saturated heterocycles. The zero-order valence-electron chi connectivity index (χ0n) is 20.8. The number of carbonyl (C=O) groups excluding carboxylic acids is 2. The average Bonchev–Trinajstić information content (AvgIpc) is 3.18. The van der Waals surface area contributed by atoms with E-state index in [4.69, 9.17) is 14.2 Å². The number of hydrogen-bond acceptors (Lipinski definition) is 6. The summed E-state index contributed by atoms with van der Waals surface area (Å²) in [6.07, 6.45) is 0. The van der Waals surface area contributed by atoms with Crippen LogP contribution in [0.5, 0.6) is 11.5 Å². The summed E-state index contributed by atoms with van der Waals surface area (Å²) in [5.74, 6) is -0.199. The van der Waals surface area contributed by atoms with E-state index in [0.717, 1.165) is 16.8 Å². The summed E-state index contributed by atoms with van der Waals surface area (Å²) in [5, 5.41) is 3.32. The second-order valence-electron chi connectivity index (χ2n) is 8.79. The molecule has 3 aromatic carbocycles. The minimum absolute atomic E-state index is 0.114. The lowest BCUT2D eigenvalue weighted by Crippen LogP contribution is -2.29. The van der Waals surface area contributed by atoms with Crippen LogP contribution < -0.4 is 14.8 Å². The van der Waals surface area contributed by atoms with Gasteiger partial charge in [0, 0.05) is 28.3 Å². The Morgan fingerprint density at radius 1 is 1.03 bits per heavy atom. The number of Topliss-reactive ketones (excluding diaryl/α,β-unsaturated/α-hetero) is 1. The van der Waals surface area contributed by atoms with Gasteiger partial charge < -0.3 is 19.5 Å². The number of ether oxygens (including phenoxy) is 3. The summed E-state index contributed by atoms with van der Waals surface area (Å²) < 4.78 is 17.9. The normalized spacial score (nSPS) is 16.2. The van der Waals surface area contributed by atoms with E-state index < -0.39 is 11.9 Å². The van der Waals surface area contributed by atoms with Crippen LogP contribution in [-0.4, -0.2) is 25.5 Å². The molecule has 1 N–H and O–H groups in total. The maximum absolute atomic E-state index is 13.7. The van der Waals surface area contributed by atoms with Gasteiger partial charge in [0.2, 0.25) is 0 Å². The van der Waals surface area contributed by atoms with Crippen molar-refractivity contribution in [1.82, 2.24) is 5.32 Å². The van der Waals surface area contributed by atoms with Crippen molar-refractivity contribution in [2.24, 2.45) is 0 Å². The largest absolute Gasteiger partial charge is 0.493 e. The molecule has 0 bridgehead atoms. The van der Waals surface area contributed by atoms with Gasteiger partial charge in [0.1, 0.15) is 6.61 Å². The van der Waals surface area contributed by atoms with Gasteiger partial charge in [-0.2, -0.15) is 0 Å². The van der Waals surface area contributed by atoms with Crippen molar-refractivity contribution in [3.05, 3.63) is 110 Å². The molecular weight excluding hydrogens is 534 g/mol. The maximum Gasteiger partial charge on any atom is 0.336 e. The van der Waals surface area contributed by atoms with Gasteiger partial charge in [0.25, 0.3) is 0 Å². The van der Waals surface area contributed by atoms with Gasteiger partial charge >= 0.3 is 5.97 Å². The zero-order chi connectivity index (χ0) is 26.1. The molecule has 6 nitrogen and oxygen atoms in total. The van der Waals surface area contributed by atoms with Gasteiger partial charge in [-0.1, -0.05) is 54.6 Å². The van der Waals surface area contributed by atoms with Crippen LogP contribution in [0.25, 0.3) is 5.70 Å². The first kappa shape index (κ1) is 24.8. The molecule has 0 saturated carbocycles. The van der Waals surface area contributed by atoms with E-state index in [1.165, 1.54) is 0 Å². The van der Waals surface area contributed by atoms with E-state index in [2.05, 4.69) is 21.2 Å². The molecule has 0 fully saturated rings. The topological polar surface area (TPSA) is 73.9 Å². The second-order valence-corrected chi connectivity index (χ2v) is 9.64. The fourth-order valence-corrected chi connectivity index (χ4v) is 5.49. The monoisotopic (exact) mass is 559 g/mol. The van der Waals surface area contributed by atoms with E-state index in [-0.39, 0.29) is 12.4 Å². The molecule has 1 aliphatic carbocycles. The Labute approximate surface area is 224 Å². The van der Waals surface area contributed by atoms with Crippen LogP contribution in [0.3, 0.4) is 0 Å². The summed E-state index contributed by atoms with van der Waals surface area (Å²) in [6.45, 7) is 4.18. The number of halogens is 1. The van der Waals surface area contributed by atoms with Crippen molar-refractivity contribution in [1.29, 1.82) is 0 Å². The number of carbonyl (C=O) groups is 2. The van der Waals surface area contributed by atoms with E-state index in [1.807, 2.05) is 73.7 Å². The number of nitrogens with one attached hydrogen (secondary N) is 1. The van der Waals surface area contributed by atoms with Crippen molar-refractivity contribution in [3.63, 3.8) is 0 Å². The summed E-state index contributed by atoms with van der Waals surface area (Å²) in [4.78, 5) is 26.9. The highest BCUT2D eigenvalue weighted by Gasteiger charge is 2.43. The molecule has 0 amide bonds. The zero-order valence-corrected chi connectivity index (χ0v) is 22.3. The Balaban J connectivity index is 1.62. The Morgan fingerprint density at radius 3 is 2.43 bits per heavy atom. The molecule has 37 heavy (non-hydrogen) atoms. The van der Waals surface area contributed by atoms with E-state index in [1.54, 1.807) is 14.0 Å². The lowest BCUT2D eigenvalue weighted by atomic mass is 9.79. The number of esters is 1. The van der Waals surface area contributed by atoms with Gasteiger partial charge in [-0.15, -0.1) is 0 Å². The molecule has 0 unspecified atom stereocenters. The molecule has 0 spiro atoms. The third-order valence-electron chi connectivity index (χ3n) is 6.56. The van der Waals surface area contributed by atoms with Crippen LogP contribution in [0.15, 0.2) is 88.0 Å². The first-order chi connectivity index (χ1) is 17.9. The van der Waals surface area contributed by atoms with Crippen LogP contribution in [0.1, 0.15) is 46.8 Å². The lowest BCUT2D eigenvalue weighted by molar-refractivity contribution is -0.138. The summed E-state index contributed by atoms with van der Waals surface area (Å²) in [7, 11) is 1.57. The van der Waals surface area contributed by atoms with Crippen molar-refractivity contribution in [3.8, 4) is 11.5 Å². The number of ketones is 1. The second kappa shape index (κ2) is 10.3. The van der Waals surface area contributed by atoms with Crippen molar-refractivity contribution in [2.45, 2.75) is 26.4 Å². The highest BCUT2D eigenvalue weighted by Crippen LogP contribution is 2.49. The van der Waals surface area contributed by atoms with Gasteiger partial charge in [-0.3, -0.25) is 4.79 Å². The third kappa shape index (κ3) is 4.44. The number of allylic oxidation sites excluding steroid dienone is 2. The van der Waals surface area contributed by atoms with Crippen LogP contribution in [0.4, 0.5) is 0 Å². The molecule has 7 heteroatoms. The van der Waals surface area contributed by atoms with Crippen LogP contribution in [0, 0.1) is 0 Å². The summed E-state index contributed by atoms with van der Waals surface area (Å²) in [5.41, 5.74) is 5.44. The average molecular weight is 560 g/mol. The van der Waals surface area contributed by atoms with E-state index >= 15 is 0 Å². The van der Waals surface area contributed by atoms with Crippen molar-refractivity contribution < 1.29 is 23.8 Å². The SMILES string of the molecule is CCOC(=O)C1=C(C)NC2=C(C(=O)c3ccccc32)[C@@H]1c1cc(Br)c(OCc2ccccc2)c(OC)c1. The lowest BCUT2D eigenvalue weighted by Gasteiger charge is -2.30. The molecule has 0 radical (unpaired) electrons. The number of fused-ring (bicyclic) bond motifs is 2. The van der Waals surface area contributed by atoms with Gasteiger partial charge in [0.15, 0.2) is 17.3 Å². The number of hydrogen-bond donors (Lipinski definition) is 1. The standard InChI is InChI=1S/C30H26BrNO5/c1-4-36-30(34)24-17(2)32-27-20-12-8-9-13-21(20)28(33)26(27)25(24)19-14-22(31)29(23(15-19)35-3)37-16-18-10-6-5-7-11-18/h5-15,25,32H,4,16H2,1-3H3/t25-/m1/s1. The highest BCUT2D eigenvalue weighted by atomic mass is 79.9. The Hall–Kier alpha value is -3.84. The fourth-order valence-electron chi connectivity index (χ4n) is 4.92. The maximum atomic E-state index is 13.7. The first-order valence-electron chi connectivity index (χ1n) is 12.0. The number of rotatable bonds is 7. The quantitative estimate of drug-likeness (QED) is 0.349. The number of dihydropyridines is 1. The highest BCUT2D eigenvalue weighted by molar-refractivity contribution is 9.10. The Bertz CT molecular complexity index is 1460. The molecule has 5 rings (SSSR count). The van der Waals surface area contributed by atoms with Crippen molar-refractivity contribution in [2.75, 3.05) is 13.7 Å².